The zero-order valence-electron chi connectivity index (χ0n) is 15.6. The van der Waals surface area contributed by atoms with Gasteiger partial charge in [0.15, 0.2) is 0 Å². The highest BCUT2D eigenvalue weighted by molar-refractivity contribution is 5.83. The van der Waals surface area contributed by atoms with E-state index in [1.807, 2.05) is 36.4 Å². The second kappa shape index (κ2) is 7.46. The molecule has 2 aliphatic rings. The summed E-state index contributed by atoms with van der Waals surface area (Å²) < 4.78 is 5.46. The van der Waals surface area contributed by atoms with Gasteiger partial charge in [-0.15, -0.1) is 0 Å². The number of fused-ring (bicyclic) bond motifs is 3. The smallest absolute Gasteiger partial charge is 0.407 e. The lowest BCUT2D eigenvalue weighted by molar-refractivity contribution is -0.141. The molecule has 2 aromatic carbocycles. The second-order valence-electron chi connectivity index (χ2n) is 7.25. The van der Waals surface area contributed by atoms with Crippen molar-refractivity contribution in [2.45, 2.75) is 24.4 Å². The van der Waals surface area contributed by atoms with Gasteiger partial charge in [-0.25, -0.2) is 14.4 Å². The molecule has 29 heavy (non-hydrogen) atoms. The van der Waals surface area contributed by atoms with E-state index >= 15 is 0 Å². The maximum Gasteiger partial charge on any atom is 0.407 e. The second-order valence-corrected chi connectivity index (χ2v) is 7.25. The Morgan fingerprint density at radius 1 is 1.07 bits per heavy atom. The molecule has 2 aromatic rings. The Morgan fingerprint density at radius 2 is 1.66 bits per heavy atom. The number of nitrogens with one attached hydrogen (secondary N) is 1. The molecule has 1 fully saturated rings. The maximum absolute atomic E-state index is 12.3. The van der Waals surface area contributed by atoms with E-state index in [2.05, 4.69) is 17.4 Å². The molecule has 3 amide bonds. The van der Waals surface area contributed by atoms with E-state index in [9.17, 15) is 19.5 Å². The largest absolute Gasteiger partial charge is 0.480 e. The van der Waals surface area contributed by atoms with Crippen molar-refractivity contribution in [2.75, 3.05) is 13.2 Å². The molecule has 1 saturated heterocycles. The highest BCUT2D eigenvalue weighted by atomic mass is 16.5. The summed E-state index contributed by atoms with van der Waals surface area (Å²) >= 11 is 0. The van der Waals surface area contributed by atoms with Gasteiger partial charge in [0.1, 0.15) is 12.6 Å². The van der Waals surface area contributed by atoms with E-state index in [0.29, 0.717) is 0 Å². The summed E-state index contributed by atoms with van der Waals surface area (Å²) in [4.78, 5) is 36.1. The number of rotatable bonds is 4. The van der Waals surface area contributed by atoms with Crippen LogP contribution in [0.3, 0.4) is 0 Å². The number of carbonyl (C=O) groups excluding carboxylic acids is 2. The Balaban J connectivity index is 1.41. The van der Waals surface area contributed by atoms with Crippen LogP contribution in [0.15, 0.2) is 48.5 Å². The standard InChI is InChI=1S/C21H21N3O5/c22-20(27)24-10-12(9-18(24)19(25)26)23-21(28)29-11-17-15-7-3-1-5-13(15)14-6-2-4-8-16(14)17/h1-8,12,17-18H,9-11H2,(H2,22,27)(H,23,28)(H,25,26)/t12-,18-/m0/s1. The number of hydrogen-bond donors (Lipinski definition) is 3. The summed E-state index contributed by atoms with van der Waals surface area (Å²) in [5.41, 5.74) is 9.71. The Hall–Kier alpha value is -3.55. The zero-order valence-corrected chi connectivity index (χ0v) is 15.6. The molecule has 4 rings (SSSR count). The van der Waals surface area contributed by atoms with Gasteiger partial charge in [0.25, 0.3) is 0 Å². The molecule has 0 bridgehead atoms. The summed E-state index contributed by atoms with van der Waals surface area (Å²) in [6, 6.07) is 13.6. The number of aliphatic carboxylic acids is 1. The van der Waals surface area contributed by atoms with Crippen LogP contribution in [0.25, 0.3) is 11.1 Å². The minimum Gasteiger partial charge on any atom is -0.480 e. The Morgan fingerprint density at radius 3 is 2.17 bits per heavy atom. The van der Waals surface area contributed by atoms with Gasteiger partial charge in [-0.3, -0.25) is 0 Å². The third-order valence-corrected chi connectivity index (χ3v) is 5.53. The van der Waals surface area contributed by atoms with Crippen molar-refractivity contribution >= 4 is 18.1 Å². The van der Waals surface area contributed by atoms with Gasteiger partial charge in [0.2, 0.25) is 0 Å². The highest BCUT2D eigenvalue weighted by Gasteiger charge is 2.40. The molecule has 0 saturated carbocycles. The number of primary amides is 1. The van der Waals surface area contributed by atoms with E-state index in [4.69, 9.17) is 10.5 Å². The number of urea groups is 1. The van der Waals surface area contributed by atoms with E-state index in [0.717, 1.165) is 27.2 Å². The third-order valence-electron chi connectivity index (χ3n) is 5.53. The summed E-state index contributed by atoms with van der Waals surface area (Å²) in [7, 11) is 0. The first-order chi connectivity index (χ1) is 14.0. The fraction of sp³-hybridized carbons (Fsp3) is 0.286. The summed E-state index contributed by atoms with van der Waals surface area (Å²) in [5, 5.41) is 11.9. The van der Waals surface area contributed by atoms with Crippen LogP contribution >= 0.6 is 0 Å². The van der Waals surface area contributed by atoms with Gasteiger partial charge >= 0.3 is 18.1 Å². The van der Waals surface area contributed by atoms with Crippen LogP contribution in [0.4, 0.5) is 9.59 Å². The molecule has 0 spiro atoms. The molecule has 150 valence electrons. The Labute approximate surface area is 167 Å². The average molecular weight is 395 g/mol. The topological polar surface area (TPSA) is 122 Å². The van der Waals surface area contributed by atoms with Crippen molar-refractivity contribution < 1.29 is 24.2 Å². The minimum absolute atomic E-state index is 0.0382. The number of likely N-dealkylation sites (tertiary alicyclic amines) is 1. The summed E-state index contributed by atoms with van der Waals surface area (Å²) in [6.07, 6.45) is -0.560. The average Bonchev–Trinajstić information content (AvgIpc) is 3.26. The quantitative estimate of drug-likeness (QED) is 0.732. The number of carboxylic acids is 1. The van der Waals surface area contributed by atoms with Crippen LogP contribution in [0.1, 0.15) is 23.5 Å². The van der Waals surface area contributed by atoms with Crippen molar-refractivity contribution in [2.24, 2.45) is 5.73 Å². The van der Waals surface area contributed by atoms with Gasteiger partial charge in [-0.05, 0) is 22.3 Å². The van der Waals surface area contributed by atoms with E-state index in [1.165, 1.54) is 0 Å². The van der Waals surface area contributed by atoms with Crippen molar-refractivity contribution in [3.63, 3.8) is 0 Å². The number of ether oxygens (including phenoxy) is 1. The van der Waals surface area contributed by atoms with E-state index < -0.39 is 30.2 Å². The van der Waals surface area contributed by atoms with Crippen LogP contribution in [0.5, 0.6) is 0 Å². The number of carbonyl (C=O) groups is 3. The third kappa shape index (κ3) is 3.49. The van der Waals surface area contributed by atoms with Gasteiger partial charge in [-0.2, -0.15) is 0 Å². The molecular formula is C21H21N3O5. The fourth-order valence-electron chi connectivity index (χ4n) is 4.22. The number of nitrogens with zero attached hydrogens (tertiary/aromatic N) is 1. The number of amides is 3. The van der Waals surface area contributed by atoms with E-state index in [1.54, 1.807) is 0 Å². The molecule has 0 unspecified atom stereocenters. The van der Waals surface area contributed by atoms with Crippen molar-refractivity contribution in [1.82, 2.24) is 10.2 Å². The highest BCUT2D eigenvalue weighted by Crippen LogP contribution is 2.44. The lowest BCUT2D eigenvalue weighted by atomic mass is 9.98. The molecule has 1 aliphatic heterocycles. The number of hydrogen-bond acceptors (Lipinski definition) is 4. The van der Waals surface area contributed by atoms with Crippen LogP contribution in [-0.2, 0) is 9.53 Å². The molecule has 0 aromatic heterocycles. The lowest BCUT2D eigenvalue weighted by Gasteiger charge is -2.18. The predicted octanol–water partition coefficient (Wildman–Crippen LogP) is 2.13. The SMILES string of the molecule is NC(=O)N1C[C@@H](NC(=O)OCC2c3ccccc3-c3ccccc32)C[C@H]1C(=O)O. The van der Waals surface area contributed by atoms with Crippen molar-refractivity contribution in [1.29, 1.82) is 0 Å². The zero-order chi connectivity index (χ0) is 20.5. The summed E-state index contributed by atoms with van der Waals surface area (Å²) in [5.74, 6) is -1.22. The molecule has 8 nitrogen and oxygen atoms in total. The Bertz CT molecular complexity index is 909. The maximum atomic E-state index is 12.3. The number of carboxylic acid groups (broad SMARTS) is 1. The Kier molecular flexibility index (Phi) is 4.84. The molecule has 1 aliphatic carbocycles. The first-order valence-electron chi connectivity index (χ1n) is 9.36. The number of benzene rings is 2. The fourth-order valence-corrected chi connectivity index (χ4v) is 4.22. The first-order valence-corrected chi connectivity index (χ1v) is 9.36. The van der Waals surface area contributed by atoms with Crippen LogP contribution in [0.2, 0.25) is 0 Å². The number of alkyl carbamates (subject to hydrolysis) is 1. The first kappa shape index (κ1) is 18.8. The molecule has 4 N–H and O–H groups in total. The monoisotopic (exact) mass is 395 g/mol. The van der Waals surface area contributed by atoms with Gasteiger partial charge < -0.3 is 25.8 Å². The molecule has 1 heterocycles. The minimum atomic E-state index is -1.15. The van der Waals surface area contributed by atoms with Gasteiger partial charge in [0.05, 0.1) is 6.04 Å². The van der Waals surface area contributed by atoms with Gasteiger partial charge in [-0.1, -0.05) is 48.5 Å². The molecule has 8 heteroatoms. The van der Waals surface area contributed by atoms with E-state index in [-0.39, 0.29) is 25.5 Å². The van der Waals surface area contributed by atoms with Crippen LogP contribution in [0, 0.1) is 0 Å². The van der Waals surface area contributed by atoms with Crippen molar-refractivity contribution in [3.8, 4) is 11.1 Å². The van der Waals surface area contributed by atoms with Crippen LogP contribution in [-0.4, -0.2) is 53.3 Å². The van der Waals surface area contributed by atoms with Crippen LogP contribution < -0.4 is 11.1 Å². The number of nitrogens with two attached hydrogens (primary N) is 1. The summed E-state index contributed by atoms with van der Waals surface area (Å²) in [6.45, 7) is 0.199. The molecular weight excluding hydrogens is 374 g/mol. The normalized spacial score (nSPS) is 20.1. The molecule has 0 radical (unpaired) electrons. The molecule has 2 atom stereocenters. The van der Waals surface area contributed by atoms with Crippen molar-refractivity contribution in [3.05, 3.63) is 59.7 Å². The van der Waals surface area contributed by atoms with Gasteiger partial charge in [0, 0.05) is 18.9 Å². The predicted molar refractivity (Wildman–Crippen MR) is 104 cm³/mol. The lowest BCUT2D eigenvalue weighted by Crippen LogP contribution is -2.44.